The van der Waals surface area contributed by atoms with Crippen LogP contribution in [0.3, 0.4) is 0 Å². The summed E-state index contributed by atoms with van der Waals surface area (Å²) in [5.74, 6) is 0.280. The van der Waals surface area contributed by atoms with Crippen molar-refractivity contribution in [3.05, 3.63) is 54.1 Å². The fraction of sp³-hybridized carbons (Fsp3) is 0.176. The van der Waals surface area contributed by atoms with E-state index in [-0.39, 0.29) is 18.3 Å². The highest BCUT2D eigenvalue weighted by Crippen LogP contribution is 2.32. The molecule has 2 aromatic carbocycles. The van der Waals surface area contributed by atoms with Gasteiger partial charge in [-0.1, -0.05) is 30.3 Å². The summed E-state index contributed by atoms with van der Waals surface area (Å²) in [7, 11) is 1.52. The van der Waals surface area contributed by atoms with Gasteiger partial charge in [0, 0.05) is 6.07 Å². The summed E-state index contributed by atoms with van der Waals surface area (Å²) in [4.78, 5) is 11.8. The van der Waals surface area contributed by atoms with E-state index < -0.39 is 5.97 Å². The first kappa shape index (κ1) is 17.1. The maximum Gasteiger partial charge on any atom is 0.330 e. The highest BCUT2D eigenvalue weighted by atomic mass is 16.6. The SMILES string of the molecule is COc1ccc(OCc2ccccc2)c(OC(=O)CNC(=N)N)c1. The van der Waals surface area contributed by atoms with Gasteiger partial charge in [-0.3, -0.25) is 5.41 Å². The van der Waals surface area contributed by atoms with Crippen molar-refractivity contribution in [2.24, 2.45) is 5.73 Å². The molecule has 0 atom stereocenters. The average molecular weight is 329 g/mol. The van der Waals surface area contributed by atoms with Crippen molar-refractivity contribution in [3.8, 4) is 17.2 Å². The van der Waals surface area contributed by atoms with Gasteiger partial charge in [0.25, 0.3) is 0 Å². The molecule has 7 nitrogen and oxygen atoms in total. The Bertz CT molecular complexity index is 704. The molecule has 7 heteroatoms. The van der Waals surface area contributed by atoms with Gasteiger partial charge < -0.3 is 25.3 Å². The van der Waals surface area contributed by atoms with Gasteiger partial charge in [-0.2, -0.15) is 0 Å². The molecule has 2 rings (SSSR count). The molecule has 0 bridgehead atoms. The van der Waals surface area contributed by atoms with E-state index in [1.54, 1.807) is 18.2 Å². The molecule has 24 heavy (non-hydrogen) atoms. The van der Waals surface area contributed by atoms with Gasteiger partial charge in [0.15, 0.2) is 17.5 Å². The molecule has 0 radical (unpaired) electrons. The summed E-state index contributed by atoms with van der Waals surface area (Å²) in [6.07, 6.45) is 0. The maximum absolute atomic E-state index is 11.8. The lowest BCUT2D eigenvalue weighted by Gasteiger charge is -2.13. The van der Waals surface area contributed by atoms with Gasteiger partial charge in [0.1, 0.15) is 18.9 Å². The molecule has 0 unspecified atom stereocenters. The highest BCUT2D eigenvalue weighted by molar-refractivity contribution is 5.82. The Morgan fingerprint density at radius 1 is 1.17 bits per heavy atom. The number of carbonyl (C=O) groups is 1. The summed E-state index contributed by atoms with van der Waals surface area (Å²) in [6, 6.07) is 14.6. The molecule has 0 aliphatic rings. The van der Waals surface area contributed by atoms with Crippen LogP contribution in [0, 0.1) is 5.41 Å². The third kappa shape index (κ3) is 5.20. The average Bonchev–Trinajstić information content (AvgIpc) is 2.59. The zero-order valence-electron chi connectivity index (χ0n) is 13.2. The van der Waals surface area contributed by atoms with Crippen molar-refractivity contribution >= 4 is 11.9 Å². The topological polar surface area (TPSA) is 107 Å². The van der Waals surface area contributed by atoms with Crippen LogP contribution in [0.1, 0.15) is 5.56 Å². The molecule has 0 aromatic heterocycles. The number of hydrogen-bond acceptors (Lipinski definition) is 5. The third-order valence-corrected chi connectivity index (χ3v) is 3.04. The van der Waals surface area contributed by atoms with E-state index in [1.807, 2.05) is 30.3 Å². The van der Waals surface area contributed by atoms with E-state index in [0.29, 0.717) is 18.1 Å². The Hall–Kier alpha value is -3.22. The molecule has 0 spiro atoms. The van der Waals surface area contributed by atoms with Gasteiger partial charge in [0.05, 0.1) is 7.11 Å². The van der Waals surface area contributed by atoms with Crippen LogP contribution < -0.4 is 25.3 Å². The summed E-state index contributed by atoms with van der Waals surface area (Å²) < 4.78 is 16.1. The van der Waals surface area contributed by atoms with Crippen LogP contribution in [0.25, 0.3) is 0 Å². The van der Waals surface area contributed by atoms with Crippen molar-refractivity contribution in [2.45, 2.75) is 6.61 Å². The van der Waals surface area contributed by atoms with Crippen LogP contribution in [0.2, 0.25) is 0 Å². The molecule has 0 aliphatic heterocycles. The maximum atomic E-state index is 11.8. The second kappa shape index (κ2) is 8.42. The predicted octanol–water partition coefficient (Wildman–Crippen LogP) is 1.66. The largest absolute Gasteiger partial charge is 0.497 e. The van der Waals surface area contributed by atoms with Crippen molar-refractivity contribution in [1.82, 2.24) is 5.32 Å². The molecule has 4 N–H and O–H groups in total. The summed E-state index contributed by atoms with van der Waals surface area (Å²) >= 11 is 0. The molecule has 0 amide bonds. The number of nitrogens with two attached hydrogens (primary N) is 1. The number of esters is 1. The minimum absolute atomic E-state index is 0.218. The monoisotopic (exact) mass is 329 g/mol. The second-order valence-electron chi connectivity index (χ2n) is 4.83. The summed E-state index contributed by atoms with van der Waals surface area (Å²) in [6.45, 7) is 0.119. The van der Waals surface area contributed by atoms with E-state index in [4.69, 9.17) is 25.4 Å². The van der Waals surface area contributed by atoms with E-state index in [9.17, 15) is 4.79 Å². The van der Waals surface area contributed by atoms with Gasteiger partial charge in [-0.15, -0.1) is 0 Å². The minimum atomic E-state index is -0.594. The van der Waals surface area contributed by atoms with Crippen LogP contribution in [0.5, 0.6) is 17.2 Å². The molecule has 0 heterocycles. The van der Waals surface area contributed by atoms with E-state index in [2.05, 4.69) is 5.32 Å². The van der Waals surface area contributed by atoms with Crippen LogP contribution in [-0.4, -0.2) is 25.6 Å². The zero-order valence-corrected chi connectivity index (χ0v) is 13.2. The number of hydrogen-bond donors (Lipinski definition) is 3. The van der Waals surface area contributed by atoms with E-state index in [1.165, 1.54) is 7.11 Å². The molecule has 0 saturated carbocycles. The number of benzene rings is 2. The van der Waals surface area contributed by atoms with Crippen LogP contribution in [0.15, 0.2) is 48.5 Å². The smallest absolute Gasteiger partial charge is 0.330 e. The lowest BCUT2D eigenvalue weighted by atomic mass is 10.2. The first-order valence-corrected chi connectivity index (χ1v) is 7.22. The van der Waals surface area contributed by atoms with Gasteiger partial charge in [-0.05, 0) is 17.7 Å². The van der Waals surface area contributed by atoms with Gasteiger partial charge in [-0.25, -0.2) is 4.79 Å². The number of ether oxygens (including phenoxy) is 3. The first-order valence-electron chi connectivity index (χ1n) is 7.22. The van der Waals surface area contributed by atoms with E-state index in [0.717, 1.165) is 5.56 Å². The number of guanidine groups is 1. The summed E-state index contributed by atoms with van der Waals surface area (Å²) in [5.41, 5.74) is 6.13. The normalized spacial score (nSPS) is 9.88. The molecular weight excluding hydrogens is 310 g/mol. The number of rotatable bonds is 7. The van der Waals surface area contributed by atoms with E-state index >= 15 is 0 Å². The van der Waals surface area contributed by atoms with Crippen LogP contribution in [-0.2, 0) is 11.4 Å². The number of nitrogens with one attached hydrogen (secondary N) is 2. The first-order chi connectivity index (χ1) is 11.6. The molecule has 0 saturated heterocycles. The Morgan fingerprint density at radius 2 is 1.92 bits per heavy atom. The molecule has 0 fully saturated rings. The number of methoxy groups -OCH3 is 1. The highest BCUT2D eigenvalue weighted by Gasteiger charge is 2.12. The third-order valence-electron chi connectivity index (χ3n) is 3.04. The molecule has 126 valence electrons. The fourth-order valence-corrected chi connectivity index (χ4v) is 1.88. The molecular formula is C17H19N3O4. The lowest BCUT2D eigenvalue weighted by molar-refractivity contribution is -0.133. The second-order valence-corrected chi connectivity index (χ2v) is 4.83. The summed E-state index contributed by atoms with van der Waals surface area (Å²) in [5, 5.41) is 9.43. The van der Waals surface area contributed by atoms with Gasteiger partial charge >= 0.3 is 5.97 Å². The van der Waals surface area contributed by atoms with Crippen molar-refractivity contribution in [3.63, 3.8) is 0 Å². The quantitative estimate of drug-likeness (QED) is 0.309. The van der Waals surface area contributed by atoms with Crippen LogP contribution >= 0.6 is 0 Å². The predicted molar refractivity (Wildman–Crippen MR) is 89.3 cm³/mol. The van der Waals surface area contributed by atoms with Crippen molar-refractivity contribution in [2.75, 3.05) is 13.7 Å². The number of carbonyl (C=O) groups excluding carboxylic acids is 1. The Labute approximate surface area is 139 Å². The van der Waals surface area contributed by atoms with Gasteiger partial charge in [0.2, 0.25) is 0 Å². The lowest BCUT2D eigenvalue weighted by Crippen LogP contribution is -2.36. The Morgan fingerprint density at radius 3 is 2.58 bits per heavy atom. The standard InChI is InChI=1S/C17H19N3O4/c1-22-13-7-8-14(23-11-12-5-3-2-4-6-12)15(9-13)24-16(21)10-20-17(18)19/h2-9H,10-11H2,1H3,(H4,18,19,20). The van der Waals surface area contributed by atoms with Crippen molar-refractivity contribution in [1.29, 1.82) is 5.41 Å². The molecule has 2 aromatic rings. The van der Waals surface area contributed by atoms with Crippen molar-refractivity contribution < 1.29 is 19.0 Å². The fourth-order valence-electron chi connectivity index (χ4n) is 1.88. The Balaban J connectivity index is 2.09. The zero-order chi connectivity index (χ0) is 17.4. The Kier molecular flexibility index (Phi) is 6.01. The van der Waals surface area contributed by atoms with Crippen LogP contribution in [0.4, 0.5) is 0 Å². The molecule has 0 aliphatic carbocycles. The minimum Gasteiger partial charge on any atom is -0.497 e.